The van der Waals surface area contributed by atoms with E-state index in [1.807, 2.05) is 13.8 Å². The van der Waals surface area contributed by atoms with Crippen molar-refractivity contribution in [3.05, 3.63) is 17.0 Å². The van der Waals surface area contributed by atoms with Crippen molar-refractivity contribution in [1.82, 2.24) is 15.8 Å². The van der Waals surface area contributed by atoms with Crippen molar-refractivity contribution >= 4 is 5.91 Å². The van der Waals surface area contributed by atoms with Crippen molar-refractivity contribution in [2.24, 2.45) is 0 Å². The highest BCUT2D eigenvalue weighted by molar-refractivity contribution is 5.82. The van der Waals surface area contributed by atoms with Gasteiger partial charge in [-0.05, 0) is 20.3 Å². The normalized spacial score (nSPS) is 23.3. The van der Waals surface area contributed by atoms with Crippen molar-refractivity contribution in [1.29, 1.82) is 0 Å². The van der Waals surface area contributed by atoms with Gasteiger partial charge < -0.3 is 19.9 Å². The fourth-order valence-corrected chi connectivity index (χ4v) is 2.14. The summed E-state index contributed by atoms with van der Waals surface area (Å²) >= 11 is 0. The van der Waals surface area contributed by atoms with Crippen LogP contribution in [-0.2, 0) is 16.1 Å². The molecule has 2 N–H and O–H groups in total. The predicted molar refractivity (Wildman–Crippen MR) is 65.0 cm³/mol. The molecule has 0 spiro atoms. The van der Waals surface area contributed by atoms with Gasteiger partial charge in [-0.3, -0.25) is 4.79 Å². The number of nitrogens with zero attached hydrogens (tertiary/aromatic N) is 1. The summed E-state index contributed by atoms with van der Waals surface area (Å²) in [5.74, 6) is 0.747. The monoisotopic (exact) mass is 253 g/mol. The standard InChI is InChI=1S/C12H19N3O3/c1-7-10(8(2)18-15-7)6-14-12(16)11-4-9(17-3)5-13-11/h9,11,13H,4-6H2,1-3H3,(H,14,16). The van der Waals surface area contributed by atoms with Gasteiger partial charge >= 0.3 is 0 Å². The second kappa shape index (κ2) is 5.49. The van der Waals surface area contributed by atoms with E-state index in [1.165, 1.54) is 0 Å². The minimum Gasteiger partial charge on any atom is -0.380 e. The Hall–Kier alpha value is -1.40. The summed E-state index contributed by atoms with van der Waals surface area (Å²) in [4.78, 5) is 11.9. The summed E-state index contributed by atoms with van der Waals surface area (Å²) in [6.45, 7) is 4.89. The van der Waals surface area contributed by atoms with Crippen LogP contribution < -0.4 is 10.6 Å². The number of rotatable bonds is 4. The van der Waals surface area contributed by atoms with Gasteiger partial charge in [-0.2, -0.15) is 0 Å². The molecule has 1 aromatic rings. The molecule has 0 radical (unpaired) electrons. The lowest BCUT2D eigenvalue weighted by Crippen LogP contribution is -2.40. The summed E-state index contributed by atoms with van der Waals surface area (Å²) in [7, 11) is 1.66. The van der Waals surface area contributed by atoms with E-state index in [0.717, 1.165) is 23.6 Å². The number of hydrogen-bond donors (Lipinski definition) is 2. The third-order valence-electron chi connectivity index (χ3n) is 3.36. The lowest BCUT2D eigenvalue weighted by molar-refractivity contribution is -0.123. The van der Waals surface area contributed by atoms with E-state index < -0.39 is 0 Å². The Kier molecular flexibility index (Phi) is 3.98. The Morgan fingerprint density at radius 2 is 2.39 bits per heavy atom. The Morgan fingerprint density at radius 3 is 2.94 bits per heavy atom. The highest BCUT2D eigenvalue weighted by Gasteiger charge is 2.29. The first-order valence-corrected chi connectivity index (χ1v) is 6.07. The zero-order valence-corrected chi connectivity index (χ0v) is 10.9. The van der Waals surface area contributed by atoms with Crippen LogP contribution >= 0.6 is 0 Å². The number of amides is 1. The number of aromatic nitrogens is 1. The van der Waals surface area contributed by atoms with E-state index in [4.69, 9.17) is 9.26 Å². The van der Waals surface area contributed by atoms with Crippen LogP contribution in [0.25, 0.3) is 0 Å². The van der Waals surface area contributed by atoms with Crippen molar-refractivity contribution in [3.8, 4) is 0 Å². The van der Waals surface area contributed by atoms with Gasteiger partial charge in [0.25, 0.3) is 0 Å². The average Bonchev–Trinajstić information content (AvgIpc) is 2.95. The SMILES string of the molecule is COC1CNC(C(=O)NCc2c(C)noc2C)C1. The minimum absolute atomic E-state index is 0.00505. The number of methoxy groups -OCH3 is 1. The van der Waals surface area contributed by atoms with Crippen LogP contribution in [-0.4, -0.2) is 36.9 Å². The maximum atomic E-state index is 11.9. The third-order valence-corrected chi connectivity index (χ3v) is 3.36. The van der Waals surface area contributed by atoms with Crippen LogP contribution in [0.4, 0.5) is 0 Å². The van der Waals surface area contributed by atoms with E-state index in [1.54, 1.807) is 7.11 Å². The molecule has 1 aromatic heterocycles. The van der Waals surface area contributed by atoms with E-state index >= 15 is 0 Å². The van der Waals surface area contributed by atoms with Gasteiger partial charge in [0, 0.05) is 25.8 Å². The van der Waals surface area contributed by atoms with Gasteiger partial charge in [0.05, 0.1) is 17.8 Å². The number of carbonyl (C=O) groups excluding carboxylic acids is 1. The summed E-state index contributed by atoms with van der Waals surface area (Å²) < 4.78 is 10.3. The molecule has 1 aliphatic rings. The maximum absolute atomic E-state index is 11.9. The van der Waals surface area contributed by atoms with Crippen molar-refractivity contribution < 1.29 is 14.1 Å². The van der Waals surface area contributed by atoms with Crippen LogP contribution in [0, 0.1) is 13.8 Å². The molecule has 2 atom stereocenters. The molecule has 0 saturated carbocycles. The van der Waals surface area contributed by atoms with Gasteiger partial charge in [-0.25, -0.2) is 0 Å². The molecule has 2 heterocycles. The molecule has 18 heavy (non-hydrogen) atoms. The van der Waals surface area contributed by atoms with Crippen LogP contribution in [0.15, 0.2) is 4.52 Å². The van der Waals surface area contributed by atoms with Crippen LogP contribution in [0.3, 0.4) is 0 Å². The van der Waals surface area contributed by atoms with Gasteiger partial charge in [-0.1, -0.05) is 5.16 Å². The second-order valence-corrected chi connectivity index (χ2v) is 4.57. The fourth-order valence-electron chi connectivity index (χ4n) is 2.14. The molecule has 1 saturated heterocycles. The van der Waals surface area contributed by atoms with Crippen molar-refractivity contribution in [2.45, 2.75) is 39.0 Å². The topological polar surface area (TPSA) is 76.4 Å². The largest absolute Gasteiger partial charge is 0.380 e. The molecule has 0 bridgehead atoms. The second-order valence-electron chi connectivity index (χ2n) is 4.57. The highest BCUT2D eigenvalue weighted by Crippen LogP contribution is 2.13. The van der Waals surface area contributed by atoms with Crippen molar-refractivity contribution in [3.63, 3.8) is 0 Å². The molecule has 1 amide bonds. The number of hydrogen-bond acceptors (Lipinski definition) is 5. The van der Waals surface area contributed by atoms with Crippen LogP contribution in [0.2, 0.25) is 0 Å². The maximum Gasteiger partial charge on any atom is 0.237 e. The molecular formula is C12H19N3O3. The van der Waals surface area contributed by atoms with E-state index in [0.29, 0.717) is 13.0 Å². The van der Waals surface area contributed by atoms with Gasteiger partial charge in [0.15, 0.2) is 0 Å². The van der Waals surface area contributed by atoms with Gasteiger partial charge in [0.1, 0.15) is 5.76 Å². The average molecular weight is 253 g/mol. The molecule has 1 aliphatic heterocycles. The van der Waals surface area contributed by atoms with Crippen LogP contribution in [0.5, 0.6) is 0 Å². The van der Waals surface area contributed by atoms with Gasteiger partial charge in [-0.15, -0.1) is 0 Å². The minimum atomic E-state index is -0.171. The smallest absolute Gasteiger partial charge is 0.237 e. The molecule has 0 aliphatic carbocycles. The molecule has 2 unspecified atom stereocenters. The third kappa shape index (κ3) is 2.70. The molecular weight excluding hydrogens is 234 g/mol. The van der Waals surface area contributed by atoms with Crippen molar-refractivity contribution in [2.75, 3.05) is 13.7 Å². The lowest BCUT2D eigenvalue weighted by atomic mass is 10.1. The molecule has 1 fully saturated rings. The first kappa shape index (κ1) is 13.0. The van der Waals surface area contributed by atoms with E-state index in [2.05, 4.69) is 15.8 Å². The Bertz CT molecular complexity index is 411. The molecule has 6 heteroatoms. The Labute approximate surface area is 106 Å². The fraction of sp³-hybridized carbons (Fsp3) is 0.667. The van der Waals surface area contributed by atoms with E-state index in [9.17, 15) is 4.79 Å². The Balaban J connectivity index is 1.86. The van der Waals surface area contributed by atoms with E-state index in [-0.39, 0.29) is 18.1 Å². The molecule has 6 nitrogen and oxygen atoms in total. The molecule has 2 rings (SSSR count). The zero-order chi connectivity index (χ0) is 13.1. The number of aryl methyl sites for hydroxylation is 2. The first-order valence-electron chi connectivity index (χ1n) is 6.07. The number of carbonyl (C=O) groups is 1. The first-order chi connectivity index (χ1) is 8.61. The molecule has 100 valence electrons. The zero-order valence-electron chi connectivity index (χ0n) is 10.9. The highest BCUT2D eigenvalue weighted by atomic mass is 16.5. The quantitative estimate of drug-likeness (QED) is 0.806. The number of ether oxygens (including phenoxy) is 1. The lowest BCUT2D eigenvalue weighted by Gasteiger charge is -2.11. The summed E-state index contributed by atoms with van der Waals surface area (Å²) in [5.41, 5.74) is 1.77. The predicted octanol–water partition coefficient (Wildman–Crippen LogP) is 0.285. The summed E-state index contributed by atoms with van der Waals surface area (Å²) in [6.07, 6.45) is 0.837. The van der Waals surface area contributed by atoms with Crippen LogP contribution in [0.1, 0.15) is 23.4 Å². The van der Waals surface area contributed by atoms with Gasteiger partial charge in [0.2, 0.25) is 5.91 Å². The molecule has 0 aromatic carbocycles. The number of nitrogens with one attached hydrogen (secondary N) is 2. The summed E-state index contributed by atoms with van der Waals surface area (Å²) in [6, 6.07) is -0.171. The Morgan fingerprint density at radius 1 is 1.61 bits per heavy atom. The summed E-state index contributed by atoms with van der Waals surface area (Å²) in [5, 5.41) is 9.89.